The molecular formula is C30H27N3O3S. The van der Waals surface area contributed by atoms with Crippen molar-refractivity contribution in [2.45, 2.75) is 18.9 Å². The smallest absolute Gasteiger partial charge is 0.234 e. The van der Waals surface area contributed by atoms with Crippen molar-refractivity contribution in [2.24, 2.45) is 0 Å². The minimum Gasteiger partial charge on any atom is -0.493 e. The third-order valence-electron chi connectivity index (χ3n) is 5.82. The molecule has 1 aromatic heterocycles. The van der Waals surface area contributed by atoms with Crippen LogP contribution in [-0.2, 0) is 4.79 Å². The lowest BCUT2D eigenvalue weighted by Crippen LogP contribution is -2.14. The second kappa shape index (κ2) is 11.6. The second-order valence-electron chi connectivity index (χ2n) is 8.49. The third-order valence-corrected chi connectivity index (χ3v) is 6.79. The van der Waals surface area contributed by atoms with Crippen molar-refractivity contribution in [3.63, 3.8) is 0 Å². The molecule has 0 atom stereocenters. The molecule has 7 heteroatoms. The highest BCUT2D eigenvalue weighted by molar-refractivity contribution is 8.00. The topological polar surface area (TPSA) is 84.2 Å². The van der Waals surface area contributed by atoms with E-state index in [9.17, 15) is 10.1 Å². The highest BCUT2D eigenvalue weighted by Crippen LogP contribution is 2.38. The number of carbonyl (C=O) groups is 1. The van der Waals surface area contributed by atoms with Crippen LogP contribution in [0.5, 0.6) is 11.5 Å². The summed E-state index contributed by atoms with van der Waals surface area (Å²) in [5.41, 5.74) is 6.51. The molecule has 1 heterocycles. The number of carbonyl (C=O) groups excluding carboxylic acids is 1. The standard InChI is InChI=1S/C30H27N3O3S/c1-19-5-9-21(10-6-19)26-16-24(22-11-14-27(35-3)28(15-22)36-4)25(17-31)30(33-26)37-18-29(34)32-23-12-7-20(2)8-13-23/h5-16H,18H2,1-4H3,(H,32,34). The summed E-state index contributed by atoms with van der Waals surface area (Å²) in [6, 6.07) is 25.4. The van der Waals surface area contributed by atoms with Crippen molar-refractivity contribution in [3.8, 4) is 40.0 Å². The zero-order valence-electron chi connectivity index (χ0n) is 21.2. The Morgan fingerprint density at radius 3 is 2.14 bits per heavy atom. The third kappa shape index (κ3) is 6.11. The Balaban J connectivity index is 1.73. The van der Waals surface area contributed by atoms with E-state index in [-0.39, 0.29) is 11.7 Å². The highest BCUT2D eigenvalue weighted by atomic mass is 32.2. The van der Waals surface area contributed by atoms with Crippen LogP contribution >= 0.6 is 11.8 Å². The van der Waals surface area contributed by atoms with Crippen LogP contribution in [0.2, 0.25) is 0 Å². The van der Waals surface area contributed by atoms with Gasteiger partial charge in [0.1, 0.15) is 11.1 Å². The zero-order chi connectivity index (χ0) is 26.4. The SMILES string of the molecule is COc1ccc(-c2cc(-c3ccc(C)cc3)nc(SCC(=O)Nc3ccc(C)cc3)c2C#N)cc1OC. The molecule has 0 unspecified atom stereocenters. The quantitative estimate of drug-likeness (QED) is 0.268. The summed E-state index contributed by atoms with van der Waals surface area (Å²) in [7, 11) is 3.15. The van der Waals surface area contributed by atoms with Gasteiger partial charge in [0.25, 0.3) is 0 Å². The number of aryl methyl sites for hydroxylation is 2. The molecule has 3 aromatic carbocycles. The number of rotatable bonds is 8. The number of methoxy groups -OCH3 is 2. The fraction of sp³-hybridized carbons (Fsp3) is 0.167. The summed E-state index contributed by atoms with van der Waals surface area (Å²) in [5.74, 6) is 1.09. The maximum atomic E-state index is 12.7. The van der Waals surface area contributed by atoms with E-state index in [0.29, 0.717) is 33.3 Å². The van der Waals surface area contributed by atoms with E-state index in [1.807, 2.05) is 86.6 Å². The molecule has 186 valence electrons. The lowest BCUT2D eigenvalue weighted by Gasteiger charge is -2.14. The molecule has 0 bridgehead atoms. The number of pyridine rings is 1. The fourth-order valence-electron chi connectivity index (χ4n) is 3.81. The van der Waals surface area contributed by atoms with Crippen molar-refractivity contribution in [1.29, 1.82) is 5.26 Å². The number of benzene rings is 3. The minimum atomic E-state index is -0.173. The Morgan fingerprint density at radius 1 is 0.892 bits per heavy atom. The normalized spacial score (nSPS) is 10.5. The number of ether oxygens (including phenoxy) is 2. The zero-order valence-corrected chi connectivity index (χ0v) is 22.0. The first-order chi connectivity index (χ1) is 17.9. The molecule has 6 nitrogen and oxygen atoms in total. The molecule has 0 saturated carbocycles. The first-order valence-electron chi connectivity index (χ1n) is 11.7. The van der Waals surface area contributed by atoms with Crippen molar-refractivity contribution >= 4 is 23.4 Å². The van der Waals surface area contributed by atoms with E-state index in [1.165, 1.54) is 11.8 Å². The van der Waals surface area contributed by atoms with Gasteiger partial charge in [0, 0.05) is 16.8 Å². The number of amides is 1. The highest BCUT2D eigenvalue weighted by Gasteiger charge is 2.18. The average molecular weight is 510 g/mol. The predicted octanol–water partition coefficient (Wildman–Crippen LogP) is 6.65. The Bertz CT molecular complexity index is 1460. The summed E-state index contributed by atoms with van der Waals surface area (Å²) < 4.78 is 10.9. The van der Waals surface area contributed by atoms with Crippen LogP contribution in [0.3, 0.4) is 0 Å². The van der Waals surface area contributed by atoms with Crippen molar-refractivity contribution in [3.05, 3.63) is 89.5 Å². The lowest BCUT2D eigenvalue weighted by atomic mass is 9.98. The molecule has 0 aliphatic heterocycles. The number of nitrogens with one attached hydrogen (secondary N) is 1. The molecule has 37 heavy (non-hydrogen) atoms. The van der Waals surface area contributed by atoms with Crippen LogP contribution in [0, 0.1) is 25.2 Å². The molecule has 0 aliphatic rings. The number of anilines is 1. The van der Waals surface area contributed by atoms with Crippen molar-refractivity contribution in [1.82, 2.24) is 4.98 Å². The van der Waals surface area contributed by atoms with E-state index in [0.717, 1.165) is 27.9 Å². The molecule has 1 amide bonds. The monoisotopic (exact) mass is 509 g/mol. The maximum Gasteiger partial charge on any atom is 0.234 e. The Hall–Kier alpha value is -4.28. The maximum absolute atomic E-state index is 12.7. The molecule has 4 rings (SSSR count). The van der Waals surface area contributed by atoms with Gasteiger partial charge < -0.3 is 14.8 Å². The van der Waals surface area contributed by atoms with E-state index in [2.05, 4.69) is 11.4 Å². The van der Waals surface area contributed by atoms with Crippen LogP contribution in [0.15, 0.2) is 77.8 Å². The van der Waals surface area contributed by atoms with Gasteiger partial charge in [0.15, 0.2) is 11.5 Å². The van der Waals surface area contributed by atoms with Gasteiger partial charge in [-0.2, -0.15) is 5.26 Å². The Morgan fingerprint density at radius 2 is 1.51 bits per heavy atom. The van der Waals surface area contributed by atoms with Gasteiger partial charge in [-0.15, -0.1) is 0 Å². The molecule has 0 radical (unpaired) electrons. The number of aromatic nitrogens is 1. The van der Waals surface area contributed by atoms with Crippen molar-refractivity contribution in [2.75, 3.05) is 25.3 Å². The van der Waals surface area contributed by atoms with Crippen molar-refractivity contribution < 1.29 is 14.3 Å². The van der Waals surface area contributed by atoms with Gasteiger partial charge in [0.05, 0.1) is 31.2 Å². The Labute approximate surface area is 221 Å². The van der Waals surface area contributed by atoms with E-state index in [4.69, 9.17) is 14.5 Å². The first kappa shape index (κ1) is 25.8. The molecule has 0 fully saturated rings. The Kier molecular flexibility index (Phi) is 8.11. The first-order valence-corrected chi connectivity index (χ1v) is 12.6. The van der Waals surface area contributed by atoms with Gasteiger partial charge in [-0.3, -0.25) is 4.79 Å². The van der Waals surface area contributed by atoms with Gasteiger partial charge in [-0.1, -0.05) is 65.4 Å². The van der Waals surface area contributed by atoms with Crippen LogP contribution in [0.25, 0.3) is 22.4 Å². The fourth-order valence-corrected chi connectivity index (χ4v) is 4.61. The largest absolute Gasteiger partial charge is 0.493 e. The molecule has 0 saturated heterocycles. The summed E-state index contributed by atoms with van der Waals surface area (Å²) in [4.78, 5) is 17.5. The van der Waals surface area contributed by atoms with E-state index < -0.39 is 0 Å². The van der Waals surface area contributed by atoms with Gasteiger partial charge in [-0.25, -0.2) is 4.98 Å². The molecule has 0 aliphatic carbocycles. The van der Waals surface area contributed by atoms with Crippen LogP contribution in [0.1, 0.15) is 16.7 Å². The van der Waals surface area contributed by atoms with Gasteiger partial charge >= 0.3 is 0 Å². The number of thioether (sulfide) groups is 1. The number of nitrogens with zero attached hydrogens (tertiary/aromatic N) is 2. The molecule has 4 aromatic rings. The minimum absolute atomic E-state index is 0.109. The average Bonchev–Trinajstić information content (AvgIpc) is 2.92. The molecular weight excluding hydrogens is 482 g/mol. The lowest BCUT2D eigenvalue weighted by molar-refractivity contribution is -0.113. The van der Waals surface area contributed by atoms with Gasteiger partial charge in [-0.05, 0) is 49.7 Å². The summed E-state index contributed by atoms with van der Waals surface area (Å²) >= 11 is 1.24. The van der Waals surface area contributed by atoms with Crippen LogP contribution in [0.4, 0.5) is 5.69 Å². The van der Waals surface area contributed by atoms with Crippen LogP contribution < -0.4 is 14.8 Å². The second-order valence-corrected chi connectivity index (χ2v) is 9.45. The summed E-state index contributed by atoms with van der Waals surface area (Å²) in [6.07, 6.45) is 0. The number of nitriles is 1. The molecule has 0 spiro atoms. The summed E-state index contributed by atoms with van der Waals surface area (Å²) in [5, 5.41) is 13.5. The van der Waals surface area contributed by atoms with Gasteiger partial charge in [0.2, 0.25) is 5.91 Å². The number of hydrogen-bond acceptors (Lipinski definition) is 6. The van der Waals surface area contributed by atoms with Crippen LogP contribution in [-0.4, -0.2) is 30.9 Å². The van der Waals surface area contributed by atoms with E-state index in [1.54, 1.807) is 14.2 Å². The molecule has 1 N–H and O–H groups in total. The van der Waals surface area contributed by atoms with E-state index >= 15 is 0 Å². The predicted molar refractivity (Wildman–Crippen MR) is 148 cm³/mol. The number of hydrogen-bond donors (Lipinski definition) is 1. The summed E-state index contributed by atoms with van der Waals surface area (Å²) in [6.45, 7) is 4.02.